The van der Waals surface area contributed by atoms with Gasteiger partial charge in [0.1, 0.15) is 60.4 Å². The highest BCUT2D eigenvalue weighted by Crippen LogP contribution is 2.24. The summed E-state index contributed by atoms with van der Waals surface area (Å²) in [5.41, 5.74) is 1.23. The summed E-state index contributed by atoms with van der Waals surface area (Å²) in [6, 6.07) is 3.83. The molecule has 2 aliphatic rings. The number of aliphatic hydroxyl groups is 1. The molecule has 12 atom stereocenters. The number of rotatable bonds is 19. The molecule has 0 aromatic heterocycles. The second-order valence-corrected chi connectivity index (χ2v) is 29.7. The van der Waals surface area contributed by atoms with Crippen molar-refractivity contribution in [2.45, 2.75) is 245 Å². The molecule has 2 fully saturated rings. The highest BCUT2D eigenvalue weighted by Gasteiger charge is 2.44. The smallest absolute Gasteiger partial charge is 0.248 e. The fourth-order valence-corrected chi connectivity index (χ4v) is 13.1. The zero-order valence-electron chi connectivity index (χ0n) is 64.1. The molecule has 0 unspecified atom stereocenters. The van der Waals surface area contributed by atoms with E-state index in [-0.39, 0.29) is 88.5 Å². The van der Waals surface area contributed by atoms with Crippen LogP contribution in [0.5, 0.6) is 0 Å². The lowest BCUT2D eigenvalue weighted by atomic mass is 9.94. The largest absolute Gasteiger partial charge is 0.391 e. The zero-order valence-corrected chi connectivity index (χ0v) is 64.1. The quantitative estimate of drug-likeness (QED) is 0.110. The molecule has 0 spiro atoms. The molecule has 12 amide bonds. The average Bonchev–Trinajstić information content (AvgIpc) is 0.813. The van der Waals surface area contributed by atoms with Crippen LogP contribution in [0.1, 0.15) is 170 Å². The lowest BCUT2D eigenvalue weighted by molar-refractivity contribution is -0.151. The van der Waals surface area contributed by atoms with Crippen LogP contribution in [0.25, 0.3) is 0 Å². The number of likely N-dealkylation sites (N-methyl/N-ethyl adjacent to an activating group) is 6. The van der Waals surface area contributed by atoms with Gasteiger partial charge in [0.2, 0.25) is 77.3 Å². The summed E-state index contributed by atoms with van der Waals surface area (Å²) in [5.74, 6) is -9.67. The Labute approximate surface area is 609 Å². The van der Waals surface area contributed by atoms with E-state index in [9.17, 15) is 52.2 Å². The Hall–Kier alpha value is -8.10. The van der Waals surface area contributed by atoms with E-state index >= 15 is 19.2 Å². The van der Waals surface area contributed by atoms with Crippen LogP contribution in [-0.4, -0.2) is 257 Å². The number of unbranched alkanes of at least 4 members (excludes halogenated alkanes) is 1. The van der Waals surface area contributed by atoms with E-state index in [1.807, 2.05) is 34.6 Å². The maximum Gasteiger partial charge on any atom is 0.248 e. The van der Waals surface area contributed by atoms with Gasteiger partial charge in [-0.3, -0.25) is 57.5 Å². The fraction of sp³-hybridized carbons (Fsp3) is 0.684. The van der Waals surface area contributed by atoms with Crippen molar-refractivity contribution in [3.05, 3.63) is 71.8 Å². The molecular weight excluding hydrogens is 1330 g/mol. The third-order valence-corrected chi connectivity index (χ3v) is 20.1. The number of hydrogen-bond donors (Lipinski definition) is 5. The number of carbonyl (C=O) groups is 12. The molecule has 0 bridgehead atoms. The molecule has 27 heteroatoms. The van der Waals surface area contributed by atoms with Crippen LogP contribution in [0.2, 0.25) is 0 Å². The molecule has 103 heavy (non-hydrogen) atoms. The van der Waals surface area contributed by atoms with Gasteiger partial charge in [-0.25, -0.2) is 8.78 Å². The summed E-state index contributed by atoms with van der Waals surface area (Å²) in [5, 5.41) is 22.6. The van der Waals surface area contributed by atoms with Gasteiger partial charge in [0.25, 0.3) is 0 Å². The van der Waals surface area contributed by atoms with Crippen molar-refractivity contribution in [1.82, 2.24) is 60.5 Å². The molecule has 25 nitrogen and oxygen atoms in total. The molecule has 2 aliphatic heterocycles. The van der Waals surface area contributed by atoms with Gasteiger partial charge in [-0.2, -0.15) is 0 Å². The third kappa shape index (κ3) is 25.9. The molecule has 2 aromatic carbocycles. The number of amides is 12. The summed E-state index contributed by atoms with van der Waals surface area (Å²) >= 11 is 0. The molecule has 0 aliphatic carbocycles. The van der Waals surface area contributed by atoms with Gasteiger partial charge in [0.15, 0.2) is 0 Å². The first kappa shape index (κ1) is 87.3. The standard InChI is InChI=1S/C76H120F2N12O13/c1-18-50(8)65-75(102)89(17)61(45-54-33-24-20-25-34-54)74(101)88(16)60(44-53-31-22-19-23-32-53)68(95)79-55(35-26-27-36-62(77)78)72(99)87(15)59(43-49(6)7)70(97)82-66(52(10)91)76(103)84(12)51(9)71(98)86(14)58(42-48(4)5)67(94)80-56(73(100)90-39-28-21-29-40-90)46-64(93)83(11)38-30-37-63(92)85(13)57(41-47(2)3)69(96)81-65/h19-20,22-25,31-34,47-52,55-62,65-66,91H,18,21,26-30,35-46H2,1-17H3,(H,79,95)(H,80,94)(H,81,96)(H,82,97)/t50-,51-,52+,55-,56-,57-,58-,59-,60-,61-,65-,66-/m0/s1. The van der Waals surface area contributed by atoms with Gasteiger partial charge < -0.3 is 65.6 Å². The minimum atomic E-state index is -2.68. The van der Waals surface area contributed by atoms with E-state index < -0.39 is 163 Å². The van der Waals surface area contributed by atoms with E-state index in [0.717, 1.165) is 21.1 Å². The number of hydrogen-bond acceptors (Lipinski definition) is 13. The van der Waals surface area contributed by atoms with E-state index in [2.05, 4.69) is 21.3 Å². The van der Waals surface area contributed by atoms with E-state index in [0.29, 0.717) is 43.5 Å². The average molecular weight is 1450 g/mol. The van der Waals surface area contributed by atoms with Crippen LogP contribution in [0, 0.1) is 23.7 Å². The Balaban J connectivity index is 1.95. The highest BCUT2D eigenvalue weighted by molar-refractivity contribution is 6.00. The number of alkyl halides is 2. The maximum absolute atomic E-state index is 15.7. The Morgan fingerprint density at radius 3 is 1.44 bits per heavy atom. The number of halogens is 2. The molecule has 576 valence electrons. The van der Waals surface area contributed by atoms with Gasteiger partial charge in [0, 0.05) is 94.7 Å². The SMILES string of the molecule is CC[C@H](C)[C@@H]1NC(=O)[C@H](CC(C)C)N(C)C(=O)CCCN(C)C(=O)C[C@@H](C(=O)N2CCCCC2)NC(=O)[C@H](CC(C)C)N(C)C(=O)[C@H](C)N(C)C(=O)[C@H]([C@@H](C)O)NC(=O)[C@H](CC(C)C)N(C)C(=O)[C@H](CCCCC(F)F)NC(=O)[C@H](Cc2ccccc2)N(C)C(=O)[C@H](Cc2ccccc2)N(C)C1=O. The van der Waals surface area contributed by atoms with Crippen molar-refractivity contribution in [3.63, 3.8) is 0 Å². The Morgan fingerprint density at radius 2 is 0.942 bits per heavy atom. The third-order valence-electron chi connectivity index (χ3n) is 20.1. The van der Waals surface area contributed by atoms with Gasteiger partial charge in [0.05, 0.1) is 12.5 Å². The zero-order chi connectivity index (χ0) is 77.3. The van der Waals surface area contributed by atoms with Gasteiger partial charge in [-0.1, -0.05) is 129 Å². The normalized spacial score (nSPS) is 25.2. The van der Waals surface area contributed by atoms with Crippen LogP contribution in [0.3, 0.4) is 0 Å². The summed E-state index contributed by atoms with van der Waals surface area (Å²) in [4.78, 5) is 189. The first-order valence-corrected chi connectivity index (χ1v) is 36.8. The van der Waals surface area contributed by atoms with E-state index in [1.165, 1.54) is 82.8 Å². The highest BCUT2D eigenvalue weighted by atomic mass is 19.3. The molecule has 2 aromatic rings. The van der Waals surface area contributed by atoms with E-state index in [1.54, 1.807) is 86.3 Å². The lowest BCUT2D eigenvalue weighted by Crippen LogP contribution is -2.62. The number of likely N-dealkylation sites (tertiary alicyclic amines) is 1. The van der Waals surface area contributed by atoms with Crippen LogP contribution in [-0.2, 0) is 70.4 Å². The minimum Gasteiger partial charge on any atom is -0.391 e. The van der Waals surface area contributed by atoms with Crippen molar-refractivity contribution in [3.8, 4) is 0 Å². The number of aliphatic hydroxyl groups excluding tert-OH is 1. The molecule has 0 saturated carbocycles. The fourth-order valence-electron chi connectivity index (χ4n) is 13.1. The Bertz CT molecular complexity index is 3140. The summed E-state index contributed by atoms with van der Waals surface area (Å²) in [6.45, 7) is 18.0. The lowest BCUT2D eigenvalue weighted by Gasteiger charge is -2.38. The second-order valence-electron chi connectivity index (χ2n) is 29.7. The topological polar surface area (TPSA) is 299 Å². The minimum absolute atomic E-state index is 0.00351. The number of nitrogens with zero attached hydrogens (tertiary/aromatic N) is 8. The number of nitrogens with one attached hydrogen (secondary N) is 4. The predicted octanol–water partition coefficient (Wildman–Crippen LogP) is 5.44. The maximum atomic E-state index is 15.7. The van der Waals surface area contributed by atoms with Crippen LogP contribution < -0.4 is 21.3 Å². The second kappa shape index (κ2) is 42.0. The molecule has 0 radical (unpaired) electrons. The van der Waals surface area contributed by atoms with Gasteiger partial charge in [-0.05, 0) is 106 Å². The predicted molar refractivity (Wildman–Crippen MR) is 389 cm³/mol. The Morgan fingerprint density at radius 1 is 0.495 bits per heavy atom. The number of carbonyl (C=O) groups excluding carboxylic acids is 12. The number of piperidine rings is 1. The first-order chi connectivity index (χ1) is 48.4. The van der Waals surface area contributed by atoms with Gasteiger partial charge >= 0.3 is 0 Å². The molecule has 5 N–H and O–H groups in total. The van der Waals surface area contributed by atoms with Crippen molar-refractivity contribution in [2.75, 3.05) is 69.0 Å². The van der Waals surface area contributed by atoms with Crippen LogP contribution in [0.4, 0.5) is 8.78 Å². The number of benzene rings is 2. The van der Waals surface area contributed by atoms with Crippen molar-refractivity contribution >= 4 is 70.9 Å². The summed E-state index contributed by atoms with van der Waals surface area (Å²) in [6.07, 6.45) is -2.90. The van der Waals surface area contributed by atoms with Gasteiger partial charge in [-0.15, -0.1) is 0 Å². The van der Waals surface area contributed by atoms with Crippen molar-refractivity contribution < 1.29 is 71.4 Å². The van der Waals surface area contributed by atoms with Crippen LogP contribution >= 0.6 is 0 Å². The van der Waals surface area contributed by atoms with E-state index in [4.69, 9.17) is 0 Å². The first-order valence-electron chi connectivity index (χ1n) is 36.8. The summed E-state index contributed by atoms with van der Waals surface area (Å²) in [7, 11) is 9.81. The monoisotopic (exact) mass is 1450 g/mol. The molecular formula is C76H120F2N12O13. The van der Waals surface area contributed by atoms with Crippen molar-refractivity contribution in [1.29, 1.82) is 0 Å². The molecule has 4 rings (SSSR count). The molecule has 2 saturated heterocycles. The van der Waals surface area contributed by atoms with Crippen LogP contribution in [0.15, 0.2) is 60.7 Å². The Kier molecular flexibility index (Phi) is 35.6. The van der Waals surface area contributed by atoms with Crippen molar-refractivity contribution in [2.24, 2.45) is 23.7 Å². The molecule has 2 heterocycles. The summed E-state index contributed by atoms with van der Waals surface area (Å²) < 4.78 is 27.5.